The lowest BCUT2D eigenvalue weighted by atomic mass is 10.00. The van der Waals surface area contributed by atoms with Crippen molar-refractivity contribution in [1.29, 1.82) is 0 Å². The fraction of sp³-hybridized carbons (Fsp3) is 0.611. The number of benzene rings is 1. The van der Waals surface area contributed by atoms with Crippen molar-refractivity contribution in [2.45, 2.75) is 19.4 Å². The Kier molecular flexibility index (Phi) is 6.02. The Bertz CT molecular complexity index is 515. The minimum Gasteiger partial charge on any atom is -0.379 e. The van der Waals surface area contributed by atoms with Crippen LogP contribution in [0.15, 0.2) is 24.3 Å². The molecular weight excluding hydrogens is 290 g/mol. The molecule has 23 heavy (non-hydrogen) atoms. The molecule has 1 aromatic rings. The first-order valence-electron chi connectivity index (χ1n) is 8.68. The lowest BCUT2D eigenvalue weighted by Gasteiger charge is -2.29. The maximum atomic E-state index is 12.3. The summed E-state index contributed by atoms with van der Waals surface area (Å²) in [5.41, 5.74) is 2.69. The molecule has 0 saturated carbocycles. The van der Waals surface area contributed by atoms with Crippen molar-refractivity contribution in [3.05, 3.63) is 35.4 Å². The van der Waals surface area contributed by atoms with E-state index in [1.807, 2.05) is 4.90 Å². The van der Waals surface area contributed by atoms with Crippen LogP contribution in [0.2, 0.25) is 0 Å². The number of nitrogens with zero attached hydrogens (tertiary/aromatic N) is 2. The molecule has 1 amide bonds. The Balaban J connectivity index is 1.32. The molecule has 2 aliphatic rings. The van der Waals surface area contributed by atoms with Crippen molar-refractivity contribution in [2.75, 3.05) is 52.5 Å². The number of fused-ring (bicyclic) bond motifs is 1. The van der Waals surface area contributed by atoms with E-state index in [4.69, 9.17) is 4.74 Å². The standard InChI is InChI=1S/C18H27N3O2/c22-18(5-7-19-8-10-20-11-13-23-14-12-20)21-9-6-16-3-1-2-4-17(16)15-21/h1-4,19H,5-15H2. The Morgan fingerprint density at radius 2 is 1.87 bits per heavy atom. The van der Waals surface area contributed by atoms with Crippen LogP contribution in [0.3, 0.4) is 0 Å². The van der Waals surface area contributed by atoms with Gasteiger partial charge in [0.2, 0.25) is 5.91 Å². The van der Waals surface area contributed by atoms with E-state index >= 15 is 0 Å². The van der Waals surface area contributed by atoms with Crippen molar-refractivity contribution in [3.8, 4) is 0 Å². The van der Waals surface area contributed by atoms with Gasteiger partial charge in [-0.2, -0.15) is 0 Å². The normalized spacial score (nSPS) is 18.7. The second kappa shape index (κ2) is 8.43. The highest BCUT2D eigenvalue weighted by atomic mass is 16.5. The Morgan fingerprint density at radius 3 is 2.70 bits per heavy atom. The molecule has 1 fully saturated rings. The number of amides is 1. The molecule has 2 aliphatic heterocycles. The largest absolute Gasteiger partial charge is 0.379 e. The van der Waals surface area contributed by atoms with Gasteiger partial charge in [0.1, 0.15) is 0 Å². The molecule has 0 radical (unpaired) electrons. The van der Waals surface area contributed by atoms with E-state index < -0.39 is 0 Å². The topological polar surface area (TPSA) is 44.8 Å². The van der Waals surface area contributed by atoms with Crippen LogP contribution in [0.1, 0.15) is 17.5 Å². The van der Waals surface area contributed by atoms with Crippen molar-refractivity contribution in [2.24, 2.45) is 0 Å². The maximum absolute atomic E-state index is 12.3. The number of ether oxygens (including phenoxy) is 1. The van der Waals surface area contributed by atoms with E-state index in [1.54, 1.807) is 0 Å². The van der Waals surface area contributed by atoms with Crippen LogP contribution in [-0.4, -0.2) is 68.2 Å². The van der Waals surface area contributed by atoms with E-state index in [2.05, 4.69) is 34.5 Å². The smallest absolute Gasteiger partial charge is 0.224 e. The molecule has 1 aromatic carbocycles. The number of morpholine rings is 1. The molecular formula is C18H27N3O2. The third kappa shape index (κ3) is 4.77. The Hall–Kier alpha value is -1.43. The number of carbonyl (C=O) groups excluding carboxylic acids is 1. The number of carbonyl (C=O) groups is 1. The molecule has 5 heteroatoms. The molecule has 3 rings (SSSR count). The molecule has 0 atom stereocenters. The zero-order valence-electron chi connectivity index (χ0n) is 13.8. The fourth-order valence-corrected chi connectivity index (χ4v) is 3.25. The summed E-state index contributed by atoms with van der Waals surface area (Å²) in [6, 6.07) is 8.44. The summed E-state index contributed by atoms with van der Waals surface area (Å²) in [5.74, 6) is 0.262. The minimum absolute atomic E-state index is 0.262. The van der Waals surface area contributed by atoms with E-state index in [-0.39, 0.29) is 5.91 Å². The second-order valence-electron chi connectivity index (χ2n) is 6.29. The molecule has 0 unspecified atom stereocenters. The van der Waals surface area contributed by atoms with Crippen LogP contribution in [-0.2, 0) is 22.5 Å². The minimum atomic E-state index is 0.262. The number of hydrogen-bond acceptors (Lipinski definition) is 4. The quantitative estimate of drug-likeness (QED) is 0.791. The highest BCUT2D eigenvalue weighted by molar-refractivity contribution is 5.76. The summed E-state index contributed by atoms with van der Waals surface area (Å²) >= 11 is 0. The van der Waals surface area contributed by atoms with Gasteiger partial charge in [-0.25, -0.2) is 0 Å². The molecule has 1 saturated heterocycles. The SMILES string of the molecule is O=C(CCNCCN1CCOCC1)N1CCc2ccccc2C1. The Labute approximate surface area is 138 Å². The molecule has 0 spiro atoms. The highest BCUT2D eigenvalue weighted by Crippen LogP contribution is 2.18. The molecule has 1 N–H and O–H groups in total. The third-order valence-corrected chi connectivity index (χ3v) is 4.71. The number of nitrogens with one attached hydrogen (secondary N) is 1. The van der Waals surface area contributed by atoms with Crippen LogP contribution in [0.25, 0.3) is 0 Å². The van der Waals surface area contributed by atoms with Gasteiger partial charge in [0.25, 0.3) is 0 Å². The molecule has 5 nitrogen and oxygen atoms in total. The zero-order valence-corrected chi connectivity index (χ0v) is 13.8. The predicted molar refractivity (Wildman–Crippen MR) is 90.3 cm³/mol. The predicted octanol–water partition coefficient (Wildman–Crippen LogP) is 0.883. The molecule has 0 aliphatic carbocycles. The zero-order chi connectivity index (χ0) is 15.9. The van der Waals surface area contributed by atoms with Crippen molar-refractivity contribution < 1.29 is 9.53 Å². The first kappa shape index (κ1) is 16.4. The third-order valence-electron chi connectivity index (χ3n) is 4.71. The van der Waals surface area contributed by atoms with Gasteiger partial charge in [-0.15, -0.1) is 0 Å². The van der Waals surface area contributed by atoms with Gasteiger partial charge in [0, 0.05) is 52.2 Å². The molecule has 0 bridgehead atoms. The van der Waals surface area contributed by atoms with Crippen molar-refractivity contribution in [3.63, 3.8) is 0 Å². The van der Waals surface area contributed by atoms with Crippen LogP contribution in [0.5, 0.6) is 0 Å². The van der Waals surface area contributed by atoms with Gasteiger partial charge in [-0.3, -0.25) is 9.69 Å². The second-order valence-corrected chi connectivity index (χ2v) is 6.29. The van der Waals surface area contributed by atoms with Crippen LogP contribution in [0, 0.1) is 0 Å². The van der Waals surface area contributed by atoms with Gasteiger partial charge in [0.15, 0.2) is 0 Å². The average Bonchev–Trinajstić information content (AvgIpc) is 2.61. The van der Waals surface area contributed by atoms with E-state index in [0.29, 0.717) is 6.42 Å². The van der Waals surface area contributed by atoms with Crippen LogP contribution in [0.4, 0.5) is 0 Å². The van der Waals surface area contributed by atoms with E-state index in [0.717, 1.165) is 65.4 Å². The molecule has 2 heterocycles. The maximum Gasteiger partial charge on any atom is 0.224 e. The lowest BCUT2D eigenvalue weighted by molar-refractivity contribution is -0.132. The average molecular weight is 317 g/mol. The summed E-state index contributed by atoms with van der Waals surface area (Å²) in [4.78, 5) is 16.7. The van der Waals surface area contributed by atoms with Gasteiger partial charge >= 0.3 is 0 Å². The fourth-order valence-electron chi connectivity index (χ4n) is 3.25. The monoisotopic (exact) mass is 317 g/mol. The lowest BCUT2D eigenvalue weighted by Crippen LogP contribution is -2.41. The summed E-state index contributed by atoms with van der Waals surface area (Å²) in [6.07, 6.45) is 1.57. The number of hydrogen-bond donors (Lipinski definition) is 1. The van der Waals surface area contributed by atoms with Gasteiger partial charge in [-0.05, 0) is 17.5 Å². The first-order valence-corrected chi connectivity index (χ1v) is 8.68. The van der Waals surface area contributed by atoms with Crippen molar-refractivity contribution >= 4 is 5.91 Å². The number of rotatable bonds is 6. The summed E-state index contributed by atoms with van der Waals surface area (Å²) in [5, 5.41) is 3.39. The van der Waals surface area contributed by atoms with Crippen LogP contribution >= 0.6 is 0 Å². The summed E-state index contributed by atoms with van der Waals surface area (Å²) in [6.45, 7) is 8.09. The summed E-state index contributed by atoms with van der Waals surface area (Å²) in [7, 11) is 0. The highest BCUT2D eigenvalue weighted by Gasteiger charge is 2.19. The molecule has 126 valence electrons. The van der Waals surface area contributed by atoms with Crippen molar-refractivity contribution in [1.82, 2.24) is 15.1 Å². The first-order chi connectivity index (χ1) is 11.3. The molecule has 0 aromatic heterocycles. The summed E-state index contributed by atoms with van der Waals surface area (Å²) < 4.78 is 5.34. The van der Waals surface area contributed by atoms with Gasteiger partial charge in [0.05, 0.1) is 13.2 Å². The van der Waals surface area contributed by atoms with Crippen LogP contribution < -0.4 is 5.32 Å². The van der Waals surface area contributed by atoms with Gasteiger partial charge < -0.3 is 15.0 Å². The van der Waals surface area contributed by atoms with E-state index in [1.165, 1.54) is 11.1 Å². The Morgan fingerprint density at radius 1 is 1.09 bits per heavy atom. The van der Waals surface area contributed by atoms with E-state index in [9.17, 15) is 4.79 Å². The van der Waals surface area contributed by atoms with Gasteiger partial charge in [-0.1, -0.05) is 24.3 Å².